The Labute approximate surface area is 299 Å². The van der Waals surface area contributed by atoms with Crippen molar-refractivity contribution in [2.24, 2.45) is 5.41 Å². The molecule has 2 aromatic heterocycles. The molecule has 1 atom stereocenters. The number of methoxy groups -OCH3 is 1. The number of rotatable bonds is 11. The second-order valence-electron chi connectivity index (χ2n) is 16.3. The first-order chi connectivity index (χ1) is 23.8. The third kappa shape index (κ3) is 7.96. The number of nitrogens with zero attached hydrogens (tertiary/aromatic N) is 4. The van der Waals surface area contributed by atoms with Gasteiger partial charge in [0.15, 0.2) is 0 Å². The smallest absolute Gasteiger partial charge is 0.465 e. The summed E-state index contributed by atoms with van der Waals surface area (Å²) in [4.78, 5) is 21.6. The fraction of sp³-hybridized carbons (Fsp3) is 0.632. The second kappa shape index (κ2) is 13.7. The maximum atomic E-state index is 14.6. The van der Waals surface area contributed by atoms with Gasteiger partial charge in [-0.25, -0.2) is 0 Å². The Kier molecular flexibility index (Phi) is 10.1. The molecule has 3 aliphatic rings. The Balaban J connectivity index is 1.56. The van der Waals surface area contributed by atoms with E-state index in [0.29, 0.717) is 51.3 Å². The van der Waals surface area contributed by atoms with E-state index in [4.69, 9.17) is 23.8 Å². The number of carbonyl (C=O) groups is 1. The number of hydrogen-bond acceptors (Lipinski definition) is 8. The van der Waals surface area contributed by atoms with Crippen LogP contribution in [0, 0.1) is 5.41 Å². The molecule has 278 valence electrons. The maximum Gasteiger partial charge on any atom is 0.494 e. The lowest BCUT2D eigenvalue weighted by molar-refractivity contribution is -0.144. The van der Waals surface area contributed by atoms with E-state index in [-0.39, 0.29) is 6.61 Å². The summed E-state index contributed by atoms with van der Waals surface area (Å²) in [6.07, 6.45) is -0.404. The zero-order chi connectivity index (χ0) is 37.1. The van der Waals surface area contributed by atoms with Gasteiger partial charge in [-0.15, -0.1) is 0 Å². The van der Waals surface area contributed by atoms with Crippen molar-refractivity contribution in [3.05, 3.63) is 41.7 Å². The summed E-state index contributed by atoms with van der Waals surface area (Å²) in [6.45, 7) is 17.4. The van der Waals surface area contributed by atoms with Crippen LogP contribution in [-0.4, -0.2) is 90.9 Å². The number of esters is 1. The molecule has 1 aliphatic carbocycles. The van der Waals surface area contributed by atoms with E-state index in [9.17, 15) is 18.0 Å². The van der Waals surface area contributed by atoms with Crippen LogP contribution in [0.3, 0.4) is 0 Å². The van der Waals surface area contributed by atoms with Crippen molar-refractivity contribution in [3.63, 3.8) is 0 Å². The van der Waals surface area contributed by atoms with Gasteiger partial charge in [-0.05, 0) is 77.0 Å². The molecule has 0 radical (unpaired) electrons. The number of benzene rings is 1. The molecule has 0 amide bonds. The van der Waals surface area contributed by atoms with Gasteiger partial charge >= 0.3 is 19.3 Å². The third-order valence-corrected chi connectivity index (χ3v) is 11.0. The van der Waals surface area contributed by atoms with Crippen molar-refractivity contribution >= 4 is 35.1 Å². The van der Waals surface area contributed by atoms with Crippen molar-refractivity contribution in [1.29, 1.82) is 0 Å². The minimum Gasteiger partial charge on any atom is -0.465 e. The van der Waals surface area contributed by atoms with Gasteiger partial charge < -0.3 is 28.2 Å². The number of alkyl halides is 3. The fourth-order valence-corrected chi connectivity index (χ4v) is 7.27. The van der Waals surface area contributed by atoms with Crippen LogP contribution >= 0.6 is 0 Å². The van der Waals surface area contributed by atoms with Gasteiger partial charge in [-0.2, -0.15) is 13.2 Å². The van der Waals surface area contributed by atoms with Gasteiger partial charge in [0.2, 0.25) is 0 Å². The number of ether oxygens (including phenoxy) is 2. The molecule has 3 aromatic rings. The van der Waals surface area contributed by atoms with E-state index in [1.54, 1.807) is 19.2 Å². The molecule has 1 unspecified atom stereocenters. The summed E-state index contributed by atoms with van der Waals surface area (Å²) in [5.41, 5.74) is 2.43. The number of aromatic nitrogens is 2. The minimum absolute atomic E-state index is 0.0928. The molecule has 0 bridgehead atoms. The standard InChI is InChI=1S/C38H52BF3N4O5/c1-24(48-9)33-30(19-28(21-43-33)45-16-14-44(15-17-45)27-11-12-27)34-31(20-35(3,4)23-49-25(2)47)29-18-26(39-50-36(5,6)37(7,8)51-39)10-13-32(29)46(34)22-38(40,41)42/h10,13,18-19,21,24,27H,11-12,14-17,20,22-23H2,1-9H3. The molecule has 9 nitrogen and oxygen atoms in total. The number of fused-ring (bicyclic) bond motifs is 1. The SMILES string of the molecule is COC(C)c1ncc(N2CCN(C3CC3)CC2)cc1-c1c(CC(C)(C)COC(C)=O)c2cc(B3OC(C)(C)C(C)(C)O3)ccc2n1CC(F)(F)F. The maximum absolute atomic E-state index is 14.6. The highest BCUT2D eigenvalue weighted by Crippen LogP contribution is 2.43. The molecule has 2 saturated heterocycles. The molecule has 13 heteroatoms. The Hall–Kier alpha value is -3.13. The molecule has 51 heavy (non-hydrogen) atoms. The number of anilines is 1. The normalized spacial score (nSPS) is 20.3. The van der Waals surface area contributed by atoms with Gasteiger partial charge in [0, 0.05) is 68.1 Å². The average molecular weight is 713 g/mol. The largest absolute Gasteiger partial charge is 0.494 e. The van der Waals surface area contributed by atoms with Gasteiger partial charge in [0.25, 0.3) is 0 Å². The molecule has 4 heterocycles. The molecule has 0 N–H and O–H groups in total. The average Bonchev–Trinajstić information content (AvgIpc) is 3.83. The first-order valence-electron chi connectivity index (χ1n) is 18.0. The summed E-state index contributed by atoms with van der Waals surface area (Å²) >= 11 is 0. The van der Waals surface area contributed by atoms with Gasteiger partial charge in [0.05, 0.1) is 47.2 Å². The van der Waals surface area contributed by atoms with Crippen LogP contribution in [0.15, 0.2) is 30.5 Å². The predicted octanol–water partition coefficient (Wildman–Crippen LogP) is 6.69. The first-order valence-corrected chi connectivity index (χ1v) is 18.0. The van der Waals surface area contributed by atoms with Crippen LogP contribution in [0.4, 0.5) is 18.9 Å². The quantitative estimate of drug-likeness (QED) is 0.161. The summed E-state index contributed by atoms with van der Waals surface area (Å²) in [5.74, 6) is -0.416. The van der Waals surface area contributed by atoms with Crippen LogP contribution in [0.2, 0.25) is 0 Å². The van der Waals surface area contributed by atoms with Crippen molar-refractivity contribution in [1.82, 2.24) is 14.5 Å². The Bertz CT molecular complexity index is 1750. The molecule has 1 saturated carbocycles. The zero-order valence-electron chi connectivity index (χ0n) is 31.4. The topological polar surface area (TPSA) is 78.3 Å². The highest BCUT2D eigenvalue weighted by Gasteiger charge is 2.52. The van der Waals surface area contributed by atoms with Crippen molar-refractivity contribution < 1.29 is 36.7 Å². The molecular formula is C38H52BF3N4O5. The van der Waals surface area contributed by atoms with Crippen LogP contribution in [0.1, 0.15) is 85.6 Å². The van der Waals surface area contributed by atoms with Gasteiger partial charge in [-0.3, -0.25) is 14.7 Å². The van der Waals surface area contributed by atoms with E-state index in [0.717, 1.165) is 31.9 Å². The molecule has 0 spiro atoms. The number of hydrogen-bond donors (Lipinski definition) is 0. The van der Waals surface area contributed by atoms with Crippen molar-refractivity contribution in [2.75, 3.05) is 44.8 Å². The Morgan fingerprint density at radius 3 is 2.27 bits per heavy atom. The predicted molar refractivity (Wildman–Crippen MR) is 193 cm³/mol. The van der Waals surface area contributed by atoms with Crippen LogP contribution in [0.25, 0.3) is 22.2 Å². The van der Waals surface area contributed by atoms with Gasteiger partial charge in [0.1, 0.15) is 6.54 Å². The summed E-state index contributed by atoms with van der Waals surface area (Å²) in [5, 5.41) is 0.650. The summed E-state index contributed by atoms with van der Waals surface area (Å²) in [7, 11) is 0.867. The molecular weight excluding hydrogens is 660 g/mol. The lowest BCUT2D eigenvalue weighted by Gasteiger charge is -2.36. The lowest BCUT2D eigenvalue weighted by Crippen LogP contribution is -2.47. The first kappa shape index (κ1) is 37.6. The molecule has 1 aromatic carbocycles. The highest BCUT2D eigenvalue weighted by atomic mass is 19.4. The van der Waals surface area contributed by atoms with E-state index in [2.05, 4.69) is 9.80 Å². The summed E-state index contributed by atoms with van der Waals surface area (Å²) < 4.78 is 69.3. The van der Waals surface area contributed by atoms with Crippen molar-refractivity contribution in [2.45, 2.75) is 111 Å². The van der Waals surface area contributed by atoms with Crippen LogP contribution < -0.4 is 10.4 Å². The minimum atomic E-state index is -4.52. The van der Waals surface area contributed by atoms with Crippen molar-refractivity contribution in [3.8, 4) is 11.3 Å². The second-order valence-corrected chi connectivity index (χ2v) is 16.3. The fourth-order valence-electron chi connectivity index (χ4n) is 7.27. The Morgan fingerprint density at radius 2 is 1.71 bits per heavy atom. The molecule has 3 fully saturated rings. The number of halogens is 3. The highest BCUT2D eigenvalue weighted by molar-refractivity contribution is 6.62. The zero-order valence-corrected chi connectivity index (χ0v) is 31.4. The number of piperazine rings is 1. The third-order valence-electron chi connectivity index (χ3n) is 11.0. The van der Waals surface area contributed by atoms with E-state index < -0.39 is 48.5 Å². The van der Waals surface area contributed by atoms with Crippen LogP contribution in [-0.2, 0) is 36.5 Å². The number of carbonyl (C=O) groups excluding carboxylic acids is 1. The Morgan fingerprint density at radius 1 is 1.06 bits per heavy atom. The number of pyridine rings is 1. The van der Waals surface area contributed by atoms with E-state index in [1.165, 1.54) is 24.3 Å². The summed E-state index contributed by atoms with van der Waals surface area (Å²) in [6, 6.07) is 8.09. The monoisotopic (exact) mass is 712 g/mol. The lowest BCUT2D eigenvalue weighted by atomic mass is 9.77. The van der Waals surface area contributed by atoms with E-state index >= 15 is 0 Å². The van der Waals surface area contributed by atoms with E-state index in [1.807, 2.05) is 66.8 Å². The molecule has 2 aliphatic heterocycles. The molecule has 6 rings (SSSR count). The van der Waals surface area contributed by atoms with Crippen LogP contribution in [0.5, 0.6) is 0 Å². The van der Waals surface area contributed by atoms with Gasteiger partial charge in [-0.1, -0.05) is 26.0 Å².